The van der Waals surface area contributed by atoms with Gasteiger partial charge in [0.05, 0.1) is 29.9 Å². The van der Waals surface area contributed by atoms with Crippen LogP contribution in [0.15, 0.2) is 12.1 Å². The summed E-state index contributed by atoms with van der Waals surface area (Å²) in [5.41, 5.74) is 12.5. The van der Waals surface area contributed by atoms with E-state index in [0.717, 1.165) is 0 Å². The fourth-order valence-electron chi connectivity index (χ4n) is 1.04. The van der Waals surface area contributed by atoms with Crippen LogP contribution in [0.1, 0.15) is 5.56 Å². The molecule has 0 aliphatic rings. The maximum Gasteiger partial charge on any atom is 0.310 e. The minimum Gasteiger partial charge on any atom is -0.469 e. The molecule has 0 amide bonds. The van der Waals surface area contributed by atoms with Crippen LogP contribution < -0.4 is 11.5 Å². The van der Waals surface area contributed by atoms with E-state index in [1.165, 1.54) is 7.11 Å². The molecule has 1 aromatic rings. The van der Waals surface area contributed by atoms with Crippen molar-refractivity contribution < 1.29 is 9.53 Å². The Morgan fingerprint density at radius 3 is 2.64 bits per heavy atom. The Kier molecular flexibility index (Phi) is 3.19. The largest absolute Gasteiger partial charge is 0.469 e. The molecule has 14 heavy (non-hydrogen) atoms. The molecular weight excluding hydrogens is 204 g/mol. The van der Waals surface area contributed by atoms with Crippen molar-refractivity contribution in [1.82, 2.24) is 0 Å². The van der Waals surface area contributed by atoms with Crippen LogP contribution >= 0.6 is 11.6 Å². The average Bonchev–Trinajstić information content (AvgIpc) is 2.19. The molecule has 0 fully saturated rings. The van der Waals surface area contributed by atoms with Crippen LogP contribution in [0.25, 0.3) is 0 Å². The predicted octanol–water partition coefficient (Wildman–Crippen LogP) is 1.22. The Balaban J connectivity index is 3.00. The molecule has 0 radical (unpaired) electrons. The van der Waals surface area contributed by atoms with Crippen molar-refractivity contribution in [2.45, 2.75) is 6.42 Å². The molecule has 0 unspecified atom stereocenters. The monoisotopic (exact) mass is 214 g/mol. The van der Waals surface area contributed by atoms with Gasteiger partial charge in [0.2, 0.25) is 0 Å². The SMILES string of the molecule is COC(=O)Cc1ccc(Cl)c(N)c1N. The maximum atomic E-state index is 11.0. The van der Waals surface area contributed by atoms with Gasteiger partial charge in [-0.25, -0.2) is 0 Å². The van der Waals surface area contributed by atoms with Gasteiger partial charge < -0.3 is 16.2 Å². The lowest BCUT2D eigenvalue weighted by atomic mass is 10.1. The summed E-state index contributed by atoms with van der Waals surface area (Å²) >= 11 is 5.74. The summed E-state index contributed by atoms with van der Waals surface area (Å²) in [4.78, 5) is 11.0. The lowest BCUT2D eigenvalue weighted by Crippen LogP contribution is -2.08. The topological polar surface area (TPSA) is 78.3 Å². The van der Waals surface area contributed by atoms with Crippen LogP contribution in [0.2, 0.25) is 5.02 Å². The standard InChI is InChI=1S/C9H11ClN2O2/c1-14-7(13)4-5-2-3-6(10)9(12)8(5)11/h2-3H,4,11-12H2,1H3. The number of rotatable bonds is 2. The lowest BCUT2D eigenvalue weighted by molar-refractivity contribution is -0.139. The number of carbonyl (C=O) groups excluding carboxylic acids is 1. The number of ether oxygens (including phenoxy) is 1. The lowest BCUT2D eigenvalue weighted by Gasteiger charge is -2.08. The molecule has 1 aromatic carbocycles. The molecule has 0 saturated carbocycles. The highest BCUT2D eigenvalue weighted by molar-refractivity contribution is 6.33. The molecule has 0 saturated heterocycles. The number of esters is 1. The van der Waals surface area contributed by atoms with Crippen LogP contribution in [0.4, 0.5) is 11.4 Å². The Bertz CT molecular complexity index is 366. The summed E-state index contributed by atoms with van der Waals surface area (Å²) in [7, 11) is 1.32. The summed E-state index contributed by atoms with van der Waals surface area (Å²) in [6.07, 6.45) is 0.101. The van der Waals surface area contributed by atoms with Crippen molar-refractivity contribution in [3.05, 3.63) is 22.7 Å². The number of anilines is 2. The zero-order valence-corrected chi connectivity index (χ0v) is 8.47. The predicted molar refractivity (Wildman–Crippen MR) is 56.0 cm³/mol. The number of halogens is 1. The summed E-state index contributed by atoms with van der Waals surface area (Å²) in [5.74, 6) is -0.363. The van der Waals surface area contributed by atoms with Crippen LogP contribution in [-0.2, 0) is 16.0 Å². The second kappa shape index (κ2) is 4.19. The molecule has 0 spiro atoms. The molecule has 4 nitrogen and oxygen atoms in total. The molecule has 0 heterocycles. The van der Waals surface area contributed by atoms with E-state index in [1.807, 2.05) is 0 Å². The van der Waals surface area contributed by atoms with Crippen LogP contribution in [-0.4, -0.2) is 13.1 Å². The van der Waals surface area contributed by atoms with E-state index in [2.05, 4.69) is 4.74 Å². The van der Waals surface area contributed by atoms with Crippen molar-refractivity contribution in [1.29, 1.82) is 0 Å². The van der Waals surface area contributed by atoms with E-state index in [4.69, 9.17) is 23.1 Å². The molecule has 0 atom stereocenters. The Morgan fingerprint density at radius 1 is 1.43 bits per heavy atom. The highest BCUT2D eigenvalue weighted by Gasteiger charge is 2.10. The van der Waals surface area contributed by atoms with Gasteiger partial charge in [-0.3, -0.25) is 4.79 Å². The zero-order valence-electron chi connectivity index (χ0n) is 7.71. The number of benzene rings is 1. The molecule has 1 rings (SSSR count). The number of carbonyl (C=O) groups is 1. The summed E-state index contributed by atoms with van der Waals surface area (Å²) in [6, 6.07) is 3.26. The fourth-order valence-corrected chi connectivity index (χ4v) is 1.20. The third-order valence-corrected chi connectivity index (χ3v) is 2.22. The van der Waals surface area contributed by atoms with Crippen molar-refractivity contribution in [3.63, 3.8) is 0 Å². The third kappa shape index (κ3) is 2.09. The number of methoxy groups -OCH3 is 1. The van der Waals surface area contributed by atoms with Gasteiger partial charge in [-0.1, -0.05) is 17.7 Å². The minimum absolute atomic E-state index is 0.101. The zero-order chi connectivity index (χ0) is 10.7. The normalized spacial score (nSPS) is 9.86. The van der Waals surface area contributed by atoms with E-state index in [9.17, 15) is 4.79 Å². The number of hydrogen-bond acceptors (Lipinski definition) is 4. The molecule has 5 heteroatoms. The molecule has 0 bridgehead atoms. The first kappa shape index (κ1) is 10.7. The van der Waals surface area contributed by atoms with E-state index < -0.39 is 0 Å². The van der Waals surface area contributed by atoms with E-state index in [1.54, 1.807) is 12.1 Å². The van der Waals surface area contributed by atoms with Gasteiger partial charge in [0, 0.05) is 0 Å². The second-order valence-electron chi connectivity index (χ2n) is 2.79. The first-order chi connectivity index (χ1) is 6.56. The molecular formula is C9H11ClN2O2. The Labute approximate surface area is 86.8 Å². The van der Waals surface area contributed by atoms with Gasteiger partial charge in [-0.2, -0.15) is 0 Å². The van der Waals surface area contributed by atoms with Crippen molar-refractivity contribution in [2.24, 2.45) is 0 Å². The van der Waals surface area contributed by atoms with Crippen molar-refractivity contribution in [3.8, 4) is 0 Å². The Morgan fingerprint density at radius 2 is 2.07 bits per heavy atom. The molecule has 76 valence electrons. The van der Waals surface area contributed by atoms with E-state index in [-0.39, 0.29) is 12.4 Å². The van der Waals surface area contributed by atoms with Gasteiger partial charge in [-0.05, 0) is 11.6 Å². The second-order valence-corrected chi connectivity index (χ2v) is 3.19. The highest BCUT2D eigenvalue weighted by atomic mass is 35.5. The summed E-state index contributed by atoms with van der Waals surface area (Å²) in [5, 5.41) is 0.385. The number of nitrogens with two attached hydrogens (primary N) is 2. The van der Waals surface area contributed by atoms with Crippen molar-refractivity contribution in [2.75, 3.05) is 18.6 Å². The van der Waals surface area contributed by atoms with Crippen molar-refractivity contribution >= 4 is 28.9 Å². The van der Waals surface area contributed by atoms with Crippen LogP contribution in [0, 0.1) is 0 Å². The van der Waals surface area contributed by atoms with Gasteiger partial charge in [0.15, 0.2) is 0 Å². The van der Waals surface area contributed by atoms with Gasteiger partial charge in [0.1, 0.15) is 0 Å². The molecule has 0 aromatic heterocycles. The van der Waals surface area contributed by atoms with Gasteiger partial charge >= 0.3 is 5.97 Å². The summed E-state index contributed by atoms with van der Waals surface area (Å²) in [6.45, 7) is 0. The quantitative estimate of drug-likeness (QED) is 0.573. The first-order valence-electron chi connectivity index (χ1n) is 3.95. The summed E-state index contributed by atoms with van der Waals surface area (Å²) < 4.78 is 4.51. The smallest absolute Gasteiger partial charge is 0.310 e. The van der Waals surface area contributed by atoms with E-state index in [0.29, 0.717) is 22.0 Å². The van der Waals surface area contributed by atoms with Crippen LogP contribution in [0.5, 0.6) is 0 Å². The minimum atomic E-state index is -0.363. The Hall–Kier alpha value is -1.42. The third-order valence-electron chi connectivity index (χ3n) is 1.89. The average molecular weight is 215 g/mol. The molecule has 0 aliphatic heterocycles. The first-order valence-corrected chi connectivity index (χ1v) is 4.33. The molecule has 0 aliphatic carbocycles. The fraction of sp³-hybridized carbons (Fsp3) is 0.222. The number of nitrogen functional groups attached to an aromatic ring is 2. The van der Waals surface area contributed by atoms with Gasteiger partial charge in [0.25, 0.3) is 0 Å². The van der Waals surface area contributed by atoms with E-state index >= 15 is 0 Å². The maximum absolute atomic E-state index is 11.0. The number of hydrogen-bond donors (Lipinski definition) is 2. The van der Waals surface area contributed by atoms with Crippen LogP contribution in [0.3, 0.4) is 0 Å². The highest BCUT2D eigenvalue weighted by Crippen LogP contribution is 2.28. The molecule has 4 N–H and O–H groups in total. The van der Waals surface area contributed by atoms with Gasteiger partial charge in [-0.15, -0.1) is 0 Å².